The van der Waals surface area contributed by atoms with Crippen LogP contribution in [-0.2, 0) is 5.41 Å². The van der Waals surface area contributed by atoms with E-state index in [-0.39, 0.29) is 5.41 Å². The molecule has 2 nitrogen and oxygen atoms in total. The number of thiophene rings is 2. The lowest BCUT2D eigenvalue weighted by atomic mass is 9.86. The molecule has 0 fully saturated rings. The van der Waals surface area contributed by atoms with Gasteiger partial charge in [-0.1, -0.05) is 126 Å². The zero-order valence-corrected chi connectivity index (χ0v) is 35.4. The predicted molar refractivity (Wildman–Crippen MR) is 259 cm³/mol. The molecule has 0 aliphatic heterocycles. The molecule has 0 spiro atoms. The molecule has 0 amide bonds. The predicted octanol–water partition coefficient (Wildman–Crippen LogP) is 16.7. The largest absolute Gasteiger partial charge is 0.309 e. The van der Waals surface area contributed by atoms with E-state index in [1.807, 2.05) is 22.7 Å². The van der Waals surface area contributed by atoms with Gasteiger partial charge in [0.15, 0.2) is 0 Å². The molecule has 284 valence electrons. The molecule has 8 aromatic carbocycles. The van der Waals surface area contributed by atoms with Gasteiger partial charge >= 0.3 is 0 Å². The van der Waals surface area contributed by atoms with Crippen LogP contribution in [0, 0.1) is 0 Å². The summed E-state index contributed by atoms with van der Waals surface area (Å²) in [5.41, 5.74) is 12.5. The van der Waals surface area contributed by atoms with Crippen molar-refractivity contribution in [3.8, 4) is 22.5 Å². The SMILES string of the molecule is CC(C)c1ccc2c(c1)c1ccc(-c3cc(-n4c5ccccc5c5ccccc54)c4sc5c(C(C)(C)C)cccc5c4c3)cc1n2-c1ccc2sc3ccccc3c2c1. The molecule has 12 rings (SSSR count). The van der Waals surface area contributed by atoms with Gasteiger partial charge in [-0.05, 0) is 100 Å². The van der Waals surface area contributed by atoms with Gasteiger partial charge in [0.05, 0.1) is 32.5 Å². The van der Waals surface area contributed by atoms with Gasteiger partial charge in [0.1, 0.15) is 0 Å². The molecule has 0 N–H and O–H groups in total. The molecule has 4 heterocycles. The van der Waals surface area contributed by atoms with E-state index >= 15 is 0 Å². The average molecular weight is 795 g/mol. The summed E-state index contributed by atoms with van der Waals surface area (Å²) < 4.78 is 10.4. The first-order valence-electron chi connectivity index (χ1n) is 20.7. The highest BCUT2D eigenvalue weighted by Gasteiger charge is 2.23. The number of rotatable bonds is 4. The maximum absolute atomic E-state index is 2.52. The summed E-state index contributed by atoms with van der Waals surface area (Å²) in [6.07, 6.45) is 0. The Hall–Kier alpha value is -6.20. The second kappa shape index (κ2) is 12.6. The quantitative estimate of drug-likeness (QED) is 0.168. The first-order valence-corrected chi connectivity index (χ1v) is 22.3. The molecule has 0 radical (unpaired) electrons. The topological polar surface area (TPSA) is 9.86 Å². The first-order chi connectivity index (χ1) is 28.7. The van der Waals surface area contributed by atoms with E-state index in [1.54, 1.807) is 0 Å². The Kier molecular flexibility index (Phi) is 7.46. The van der Waals surface area contributed by atoms with Crippen LogP contribution in [0.1, 0.15) is 51.7 Å². The van der Waals surface area contributed by atoms with Crippen LogP contribution < -0.4 is 0 Å². The minimum atomic E-state index is 0.0163. The van der Waals surface area contributed by atoms with Crippen LogP contribution in [-0.4, -0.2) is 9.13 Å². The monoisotopic (exact) mass is 794 g/mol. The molecule has 4 aromatic heterocycles. The van der Waals surface area contributed by atoms with Crippen LogP contribution in [0.2, 0.25) is 0 Å². The molecule has 0 unspecified atom stereocenters. The second-order valence-corrected chi connectivity index (χ2v) is 19.7. The molecule has 0 saturated carbocycles. The second-order valence-electron chi connectivity index (χ2n) is 17.6. The van der Waals surface area contributed by atoms with Crippen molar-refractivity contribution in [3.63, 3.8) is 0 Å². The first kappa shape index (κ1) is 34.8. The van der Waals surface area contributed by atoms with Crippen LogP contribution in [0.5, 0.6) is 0 Å². The van der Waals surface area contributed by atoms with Crippen LogP contribution >= 0.6 is 22.7 Å². The minimum Gasteiger partial charge on any atom is -0.309 e. The van der Waals surface area contributed by atoms with Crippen LogP contribution in [0.25, 0.3) is 106 Å². The standard InChI is InChI=1S/C55H42N2S2/c1-32(2)33-22-25-48-42(27-33)39-24-21-34(29-49(39)56(48)36-23-26-52-43(31-36)40-15-8-11-20-51(40)58-52)35-28-44-41-16-12-17-45(55(3,4)5)53(41)59-54(44)50(30-35)57-46-18-9-6-13-37(46)38-14-7-10-19-47(38)57/h6-32H,1-5H3. The fraction of sp³-hybridized carbons (Fsp3) is 0.127. The lowest BCUT2D eigenvalue weighted by molar-refractivity contribution is 0.597. The number of para-hydroxylation sites is 2. The van der Waals surface area contributed by atoms with Crippen LogP contribution in [0.3, 0.4) is 0 Å². The summed E-state index contributed by atoms with van der Waals surface area (Å²) in [7, 11) is 0. The number of nitrogens with zero attached hydrogens (tertiary/aromatic N) is 2. The number of hydrogen-bond donors (Lipinski definition) is 0. The summed E-state index contributed by atoms with van der Waals surface area (Å²) in [6, 6.07) is 59.7. The Bertz CT molecular complexity index is 3640. The number of benzene rings is 8. The fourth-order valence-electron chi connectivity index (χ4n) is 9.70. The molecular weight excluding hydrogens is 753 g/mol. The van der Waals surface area contributed by atoms with E-state index in [0.29, 0.717) is 5.92 Å². The minimum absolute atomic E-state index is 0.0163. The van der Waals surface area contributed by atoms with Gasteiger partial charge in [0, 0.05) is 62.9 Å². The van der Waals surface area contributed by atoms with Crippen molar-refractivity contribution >= 4 is 107 Å². The third kappa shape index (κ3) is 5.16. The normalized spacial score (nSPS) is 12.6. The highest BCUT2D eigenvalue weighted by molar-refractivity contribution is 7.26. The van der Waals surface area contributed by atoms with Gasteiger partial charge in [0.2, 0.25) is 0 Å². The van der Waals surface area contributed by atoms with Crippen molar-refractivity contribution in [3.05, 3.63) is 169 Å². The lowest BCUT2D eigenvalue weighted by Crippen LogP contribution is -2.10. The van der Waals surface area contributed by atoms with Crippen molar-refractivity contribution in [1.82, 2.24) is 9.13 Å². The van der Waals surface area contributed by atoms with E-state index in [0.717, 1.165) is 0 Å². The van der Waals surface area contributed by atoms with Gasteiger partial charge in [-0.15, -0.1) is 22.7 Å². The van der Waals surface area contributed by atoms with E-state index < -0.39 is 0 Å². The van der Waals surface area contributed by atoms with Gasteiger partial charge in [0.25, 0.3) is 0 Å². The van der Waals surface area contributed by atoms with Crippen molar-refractivity contribution in [1.29, 1.82) is 0 Å². The third-order valence-corrected chi connectivity index (χ3v) is 15.0. The highest BCUT2D eigenvalue weighted by Crippen LogP contribution is 2.47. The zero-order chi connectivity index (χ0) is 39.7. The molecule has 0 aliphatic rings. The Morgan fingerprint density at radius 1 is 0.424 bits per heavy atom. The molecule has 0 saturated heterocycles. The summed E-state index contributed by atoms with van der Waals surface area (Å²) in [5.74, 6) is 0.441. The van der Waals surface area contributed by atoms with E-state index in [9.17, 15) is 0 Å². The highest BCUT2D eigenvalue weighted by atomic mass is 32.1. The van der Waals surface area contributed by atoms with E-state index in [1.165, 1.54) is 118 Å². The third-order valence-electron chi connectivity index (χ3n) is 12.6. The number of hydrogen-bond acceptors (Lipinski definition) is 2. The maximum Gasteiger partial charge on any atom is 0.0647 e. The van der Waals surface area contributed by atoms with Crippen LogP contribution in [0.4, 0.5) is 0 Å². The molecule has 4 heteroatoms. The molecule has 0 atom stereocenters. The van der Waals surface area contributed by atoms with Gasteiger partial charge < -0.3 is 9.13 Å². The molecule has 0 bridgehead atoms. The van der Waals surface area contributed by atoms with Crippen molar-refractivity contribution in [2.24, 2.45) is 0 Å². The molecule has 12 aromatic rings. The Morgan fingerprint density at radius 2 is 1.10 bits per heavy atom. The fourth-order valence-corrected chi connectivity index (χ4v) is 12.3. The average Bonchev–Trinajstić information content (AvgIpc) is 4.00. The number of fused-ring (bicyclic) bond motifs is 12. The lowest BCUT2D eigenvalue weighted by Gasteiger charge is -2.19. The summed E-state index contributed by atoms with van der Waals surface area (Å²) in [4.78, 5) is 0. The smallest absolute Gasteiger partial charge is 0.0647 e. The van der Waals surface area contributed by atoms with Crippen LogP contribution in [0.15, 0.2) is 158 Å². The summed E-state index contributed by atoms with van der Waals surface area (Å²) in [5, 5.41) is 10.4. The Balaban J connectivity index is 1.17. The summed E-state index contributed by atoms with van der Waals surface area (Å²) >= 11 is 3.82. The maximum atomic E-state index is 2.52. The van der Waals surface area contributed by atoms with Crippen molar-refractivity contribution < 1.29 is 0 Å². The zero-order valence-electron chi connectivity index (χ0n) is 33.8. The molecular formula is C55H42N2S2. The van der Waals surface area contributed by atoms with E-state index in [2.05, 4.69) is 201 Å². The van der Waals surface area contributed by atoms with Gasteiger partial charge in [-0.2, -0.15) is 0 Å². The van der Waals surface area contributed by atoms with Crippen molar-refractivity contribution in [2.45, 2.75) is 46.0 Å². The molecule has 0 aliphatic carbocycles. The van der Waals surface area contributed by atoms with Gasteiger partial charge in [-0.3, -0.25) is 0 Å². The Labute approximate surface area is 351 Å². The van der Waals surface area contributed by atoms with E-state index in [4.69, 9.17) is 0 Å². The number of aromatic nitrogens is 2. The molecule has 59 heavy (non-hydrogen) atoms. The Morgan fingerprint density at radius 3 is 1.86 bits per heavy atom. The van der Waals surface area contributed by atoms with Crippen molar-refractivity contribution in [2.75, 3.05) is 0 Å². The summed E-state index contributed by atoms with van der Waals surface area (Å²) in [6.45, 7) is 11.6. The van der Waals surface area contributed by atoms with Gasteiger partial charge in [-0.25, -0.2) is 0 Å².